The first-order valence-electron chi connectivity index (χ1n) is 7.40. The Bertz CT molecular complexity index is 696. The van der Waals surface area contributed by atoms with E-state index in [4.69, 9.17) is 4.74 Å². The average molecular weight is 324 g/mol. The number of pyridine rings is 1. The van der Waals surface area contributed by atoms with E-state index < -0.39 is 0 Å². The van der Waals surface area contributed by atoms with Crippen LogP contribution in [0.25, 0.3) is 10.9 Å². The molecule has 2 aromatic heterocycles. The van der Waals surface area contributed by atoms with Gasteiger partial charge in [-0.1, -0.05) is 0 Å². The molecule has 0 bridgehead atoms. The zero-order valence-electron chi connectivity index (χ0n) is 13.3. The molecule has 0 N–H and O–H groups in total. The minimum absolute atomic E-state index is 0. The highest BCUT2D eigenvalue weighted by atomic mass is 35.5. The summed E-state index contributed by atoms with van der Waals surface area (Å²) in [4.78, 5) is 17.8. The summed E-state index contributed by atoms with van der Waals surface area (Å²) >= 11 is 0. The van der Waals surface area contributed by atoms with Gasteiger partial charge in [0.05, 0.1) is 6.54 Å². The molecule has 0 radical (unpaired) electrons. The first-order valence-corrected chi connectivity index (χ1v) is 7.40. The second-order valence-corrected chi connectivity index (χ2v) is 5.61. The molecule has 0 spiro atoms. The third-order valence-electron chi connectivity index (χ3n) is 4.45. The largest absolute Gasteiger partial charge is 0.474 e. The zero-order valence-corrected chi connectivity index (χ0v) is 14.1. The molecule has 0 aliphatic carbocycles. The van der Waals surface area contributed by atoms with Gasteiger partial charge in [0.25, 0.3) is 0 Å². The van der Waals surface area contributed by atoms with Crippen molar-refractivity contribution in [3.8, 4) is 5.88 Å². The predicted molar refractivity (Wildman–Crippen MR) is 88.7 cm³/mol. The molecule has 1 aliphatic heterocycles. The van der Waals surface area contributed by atoms with Crippen molar-refractivity contribution in [3.05, 3.63) is 23.5 Å². The number of hydrogen-bond acceptors (Lipinski definition) is 3. The van der Waals surface area contributed by atoms with Crippen molar-refractivity contribution in [1.29, 1.82) is 0 Å². The van der Waals surface area contributed by atoms with E-state index in [1.54, 1.807) is 6.20 Å². The number of nitrogens with zero attached hydrogens (tertiary/aromatic N) is 3. The van der Waals surface area contributed by atoms with Crippen LogP contribution in [-0.2, 0) is 11.8 Å². The summed E-state index contributed by atoms with van der Waals surface area (Å²) in [5.41, 5.74) is 3.51. The van der Waals surface area contributed by atoms with E-state index in [0.29, 0.717) is 25.5 Å². The summed E-state index contributed by atoms with van der Waals surface area (Å²) in [6.45, 7) is 6.19. The van der Waals surface area contributed by atoms with Crippen molar-refractivity contribution in [1.82, 2.24) is 14.5 Å². The topological polar surface area (TPSA) is 47.4 Å². The minimum atomic E-state index is 0. The maximum Gasteiger partial charge on any atom is 0.238 e. The van der Waals surface area contributed by atoms with Crippen LogP contribution in [-0.4, -0.2) is 40.1 Å². The second-order valence-electron chi connectivity index (χ2n) is 5.61. The van der Waals surface area contributed by atoms with Crippen LogP contribution >= 0.6 is 12.4 Å². The summed E-state index contributed by atoms with van der Waals surface area (Å²) in [6, 6.07) is 2.02. The molecular weight excluding hydrogens is 302 g/mol. The normalized spacial score (nSPS) is 14.5. The van der Waals surface area contributed by atoms with E-state index in [-0.39, 0.29) is 18.3 Å². The fourth-order valence-corrected chi connectivity index (χ4v) is 2.97. The minimum Gasteiger partial charge on any atom is -0.474 e. The SMILES string of the molecule is Cc1c(C)n(C)c2c(OCCN3CCCC3=O)nccc12.Cl. The molecule has 0 unspecified atom stereocenters. The molecule has 22 heavy (non-hydrogen) atoms. The van der Waals surface area contributed by atoms with Crippen molar-refractivity contribution in [2.24, 2.45) is 7.05 Å². The van der Waals surface area contributed by atoms with Crippen LogP contribution in [0, 0.1) is 13.8 Å². The number of aromatic nitrogens is 2. The fraction of sp³-hybridized carbons (Fsp3) is 0.500. The number of rotatable bonds is 4. The van der Waals surface area contributed by atoms with E-state index >= 15 is 0 Å². The van der Waals surface area contributed by atoms with Gasteiger partial charge in [-0.05, 0) is 31.9 Å². The summed E-state index contributed by atoms with van der Waals surface area (Å²) in [7, 11) is 2.03. The lowest BCUT2D eigenvalue weighted by Gasteiger charge is -2.15. The number of likely N-dealkylation sites (tertiary alicyclic amines) is 1. The molecule has 6 heteroatoms. The molecule has 2 aromatic rings. The van der Waals surface area contributed by atoms with Crippen molar-refractivity contribution in [2.75, 3.05) is 19.7 Å². The van der Waals surface area contributed by atoms with Gasteiger partial charge >= 0.3 is 0 Å². The molecule has 1 aliphatic rings. The average Bonchev–Trinajstić information content (AvgIpc) is 2.98. The van der Waals surface area contributed by atoms with Crippen LogP contribution < -0.4 is 4.74 Å². The lowest BCUT2D eigenvalue weighted by molar-refractivity contribution is -0.128. The summed E-state index contributed by atoms with van der Waals surface area (Å²) in [5, 5.41) is 1.18. The monoisotopic (exact) mass is 323 g/mol. The second kappa shape index (κ2) is 6.57. The Morgan fingerprint density at radius 3 is 2.82 bits per heavy atom. The smallest absolute Gasteiger partial charge is 0.238 e. The first-order chi connectivity index (χ1) is 10.1. The van der Waals surface area contributed by atoms with Crippen molar-refractivity contribution in [3.63, 3.8) is 0 Å². The summed E-state index contributed by atoms with van der Waals surface area (Å²) < 4.78 is 7.97. The Morgan fingerprint density at radius 2 is 2.14 bits per heavy atom. The molecule has 3 heterocycles. The number of fused-ring (bicyclic) bond motifs is 1. The molecule has 0 atom stereocenters. The van der Waals surface area contributed by atoms with Gasteiger partial charge in [-0.15, -0.1) is 12.4 Å². The zero-order chi connectivity index (χ0) is 15.0. The van der Waals surface area contributed by atoms with Crippen molar-refractivity contribution in [2.45, 2.75) is 26.7 Å². The highest BCUT2D eigenvalue weighted by Crippen LogP contribution is 2.29. The number of halogens is 1. The Labute approximate surface area is 136 Å². The third-order valence-corrected chi connectivity index (χ3v) is 4.45. The molecule has 0 saturated carbocycles. The molecule has 5 nitrogen and oxygen atoms in total. The van der Waals surface area contributed by atoms with E-state index in [9.17, 15) is 4.79 Å². The quantitative estimate of drug-likeness (QED) is 0.869. The van der Waals surface area contributed by atoms with Gasteiger partial charge in [0.1, 0.15) is 12.1 Å². The number of amides is 1. The van der Waals surface area contributed by atoms with Crippen molar-refractivity contribution < 1.29 is 9.53 Å². The number of ether oxygens (including phenoxy) is 1. The van der Waals surface area contributed by atoms with Crippen LogP contribution in [0.15, 0.2) is 12.3 Å². The van der Waals surface area contributed by atoms with Gasteiger partial charge < -0.3 is 14.2 Å². The Morgan fingerprint density at radius 1 is 1.36 bits per heavy atom. The van der Waals surface area contributed by atoms with Crippen LogP contribution in [0.3, 0.4) is 0 Å². The lowest BCUT2D eigenvalue weighted by atomic mass is 10.2. The van der Waals surface area contributed by atoms with E-state index in [1.165, 1.54) is 16.6 Å². The number of hydrogen-bond donors (Lipinski definition) is 0. The van der Waals surface area contributed by atoms with E-state index in [1.807, 2.05) is 18.0 Å². The van der Waals surface area contributed by atoms with Gasteiger partial charge in [-0.2, -0.15) is 0 Å². The van der Waals surface area contributed by atoms with Gasteiger partial charge in [-0.25, -0.2) is 4.98 Å². The Hall–Kier alpha value is -1.75. The standard InChI is InChI=1S/C16H21N3O2.ClH/c1-11-12(2)18(3)15-13(11)6-7-17-16(15)21-10-9-19-8-4-5-14(19)20;/h6-7H,4-5,8-10H2,1-3H3;1H. The maximum absolute atomic E-state index is 11.6. The van der Waals surface area contributed by atoms with Crippen LogP contribution in [0.1, 0.15) is 24.1 Å². The van der Waals surface area contributed by atoms with Gasteiger partial charge in [0.15, 0.2) is 0 Å². The van der Waals surface area contributed by atoms with E-state index in [0.717, 1.165) is 18.5 Å². The highest BCUT2D eigenvalue weighted by molar-refractivity contribution is 5.88. The summed E-state index contributed by atoms with van der Waals surface area (Å²) in [5.74, 6) is 0.883. The van der Waals surface area contributed by atoms with Gasteiger partial charge in [0.2, 0.25) is 11.8 Å². The molecule has 3 rings (SSSR count). The molecule has 1 amide bonds. The molecular formula is C16H22ClN3O2. The molecule has 1 saturated heterocycles. The predicted octanol–water partition coefficient (Wildman–Crippen LogP) is 2.61. The molecule has 1 fully saturated rings. The Balaban J connectivity index is 0.00000176. The first kappa shape index (κ1) is 16.6. The summed E-state index contributed by atoms with van der Waals surface area (Å²) in [6.07, 6.45) is 3.41. The number of carbonyl (C=O) groups is 1. The van der Waals surface area contributed by atoms with Crippen LogP contribution in [0.5, 0.6) is 5.88 Å². The van der Waals surface area contributed by atoms with Crippen LogP contribution in [0.2, 0.25) is 0 Å². The number of carbonyl (C=O) groups excluding carboxylic acids is 1. The van der Waals surface area contributed by atoms with Gasteiger partial charge in [0, 0.05) is 37.3 Å². The lowest BCUT2D eigenvalue weighted by Crippen LogP contribution is -2.29. The molecule has 120 valence electrons. The van der Waals surface area contributed by atoms with Crippen LogP contribution in [0.4, 0.5) is 0 Å². The Kier molecular flexibility index (Phi) is 4.96. The van der Waals surface area contributed by atoms with Crippen molar-refractivity contribution >= 4 is 29.2 Å². The van der Waals surface area contributed by atoms with Gasteiger partial charge in [-0.3, -0.25) is 4.79 Å². The molecule has 0 aromatic carbocycles. The van der Waals surface area contributed by atoms with E-state index in [2.05, 4.69) is 23.4 Å². The highest BCUT2D eigenvalue weighted by Gasteiger charge is 2.20. The number of aryl methyl sites for hydroxylation is 2. The third kappa shape index (κ3) is 2.77. The maximum atomic E-state index is 11.6. The fourth-order valence-electron chi connectivity index (χ4n) is 2.97.